The van der Waals surface area contributed by atoms with Crippen LogP contribution in [0.1, 0.15) is 5.56 Å². The molecule has 6 heteroatoms. The normalized spacial score (nSPS) is 10.2. The van der Waals surface area contributed by atoms with E-state index in [2.05, 4.69) is 15.2 Å². The number of nitrogens with two attached hydrogens (primary N) is 1. The highest BCUT2D eigenvalue weighted by Crippen LogP contribution is 2.06. The third-order valence-electron chi connectivity index (χ3n) is 1.96. The van der Waals surface area contributed by atoms with Gasteiger partial charge in [-0.05, 0) is 17.8 Å². The number of aromatic nitrogens is 3. The number of hydrogen-bond acceptors (Lipinski definition) is 4. The molecule has 0 saturated heterocycles. The van der Waals surface area contributed by atoms with E-state index in [0.29, 0.717) is 17.3 Å². The predicted molar refractivity (Wildman–Crippen MR) is 60.6 cm³/mol. The van der Waals surface area contributed by atoms with Gasteiger partial charge in [0, 0.05) is 0 Å². The molecule has 78 valence electrons. The van der Waals surface area contributed by atoms with E-state index in [9.17, 15) is 0 Å². The average molecular weight is 221 g/mol. The summed E-state index contributed by atoms with van der Waals surface area (Å²) < 4.78 is 0.397. The van der Waals surface area contributed by atoms with E-state index in [0.717, 1.165) is 5.56 Å². The van der Waals surface area contributed by atoms with Crippen molar-refractivity contribution in [1.82, 2.24) is 15.2 Å². The van der Waals surface area contributed by atoms with Crippen LogP contribution in [0.3, 0.4) is 0 Å². The summed E-state index contributed by atoms with van der Waals surface area (Å²) in [5.74, 6) is 6.34. The number of hydrogen-bond donors (Lipinski definition) is 3. The van der Waals surface area contributed by atoms with Crippen molar-refractivity contribution in [2.24, 2.45) is 5.84 Å². The second-order valence-electron chi connectivity index (χ2n) is 3.10. The number of hydrazine groups is 1. The van der Waals surface area contributed by atoms with E-state index in [4.69, 9.17) is 18.1 Å². The maximum atomic E-state index is 5.81. The van der Waals surface area contributed by atoms with Gasteiger partial charge in [-0.2, -0.15) is 4.98 Å². The van der Waals surface area contributed by atoms with Crippen molar-refractivity contribution in [1.29, 1.82) is 0 Å². The zero-order valence-corrected chi connectivity index (χ0v) is 8.79. The van der Waals surface area contributed by atoms with Gasteiger partial charge >= 0.3 is 0 Å². The molecule has 2 rings (SSSR count). The molecule has 1 heterocycles. The Balaban J connectivity index is 2.10. The van der Waals surface area contributed by atoms with Gasteiger partial charge in [-0.15, -0.1) is 0 Å². The smallest absolute Gasteiger partial charge is 0.235 e. The highest BCUT2D eigenvalue weighted by Gasteiger charge is 2.04. The van der Waals surface area contributed by atoms with Crippen molar-refractivity contribution in [2.45, 2.75) is 6.54 Å². The number of aromatic amines is 2. The Bertz CT molecular complexity index is 475. The summed E-state index contributed by atoms with van der Waals surface area (Å²) >= 11 is 4.84. The molecule has 1 aromatic heterocycles. The second-order valence-corrected chi connectivity index (χ2v) is 3.49. The summed E-state index contributed by atoms with van der Waals surface area (Å²) in [5, 5.41) is 6.98. The van der Waals surface area contributed by atoms with Gasteiger partial charge in [0.1, 0.15) is 0 Å². The molecule has 0 aliphatic heterocycles. The van der Waals surface area contributed by atoms with Crippen LogP contribution >= 0.6 is 12.2 Å². The number of anilines is 1. The first-order chi connectivity index (χ1) is 7.25. The zero-order chi connectivity index (χ0) is 10.7. The molecule has 0 unspecified atom stereocenters. The van der Waals surface area contributed by atoms with E-state index in [-0.39, 0.29) is 0 Å². The molecule has 0 aliphatic carbocycles. The van der Waals surface area contributed by atoms with E-state index < -0.39 is 0 Å². The molecule has 0 spiro atoms. The van der Waals surface area contributed by atoms with Crippen molar-refractivity contribution in [3.63, 3.8) is 0 Å². The Morgan fingerprint density at radius 3 is 2.60 bits per heavy atom. The molecule has 2 aromatic rings. The van der Waals surface area contributed by atoms with Gasteiger partial charge in [0.15, 0.2) is 0 Å². The lowest BCUT2D eigenvalue weighted by Gasteiger charge is -2.14. The van der Waals surface area contributed by atoms with Crippen LogP contribution in [0.2, 0.25) is 0 Å². The summed E-state index contributed by atoms with van der Waals surface area (Å²) in [6.45, 7) is 0.580. The highest BCUT2D eigenvalue weighted by molar-refractivity contribution is 7.71. The fraction of sp³-hybridized carbons (Fsp3) is 0.111. The standard InChI is InChI=1S/C9H11N5S/c10-14(8-11-9(15)13-12-8)6-7-4-2-1-3-5-7/h1-5H,6,10H2,(H2,11,12,13,15). The van der Waals surface area contributed by atoms with Crippen LogP contribution in [0.5, 0.6) is 0 Å². The van der Waals surface area contributed by atoms with Crippen LogP contribution in [0.25, 0.3) is 0 Å². The Hall–Kier alpha value is -1.66. The van der Waals surface area contributed by atoms with Crippen LogP contribution in [-0.2, 0) is 6.54 Å². The number of benzene rings is 1. The molecule has 0 amide bonds. The molecule has 15 heavy (non-hydrogen) atoms. The number of nitrogens with one attached hydrogen (secondary N) is 2. The second kappa shape index (κ2) is 4.24. The number of rotatable bonds is 3. The quantitative estimate of drug-likeness (QED) is 0.415. The first-order valence-electron chi connectivity index (χ1n) is 4.46. The summed E-state index contributed by atoms with van der Waals surface area (Å²) in [4.78, 5) is 4.01. The molecule has 0 radical (unpaired) electrons. The minimum absolute atomic E-state index is 0.397. The molecule has 1 aromatic carbocycles. The summed E-state index contributed by atoms with van der Waals surface area (Å²) in [6, 6.07) is 9.90. The molecule has 0 fully saturated rings. The topological polar surface area (TPSA) is 73.7 Å². The van der Waals surface area contributed by atoms with Crippen molar-refractivity contribution >= 4 is 18.2 Å². The van der Waals surface area contributed by atoms with Crippen molar-refractivity contribution < 1.29 is 0 Å². The number of nitrogens with zero attached hydrogens (tertiary/aromatic N) is 2. The Morgan fingerprint density at radius 1 is 1.27 bits per heavy atom. The van der Waals surface area contributed by atoms with Crippen LogP contribution < -0.4 is 10.9 Å². The molecule has 0 aliphatic rings. The Morgan fingerprint density at radius 2 is 2.00 bits per heavy atom. The van der Waals surface area contributed by atoms with Gasteiger partial charge in [0.2, 0.25) is 10.7 Å². The first-order valence-corrected chi connectivity index (χ1v) is 4.87. The lowest BCUT2D eigenvalue weighted by molar-refractivity contribution is 0.811. The van der Waals surface area contributed by atoms with Gasteiger partial charge < -0.3 is 0 Å². The third-order valence-corrected chi connectivity index (χ3v) is 2.15. The maximum absolute atomic E-state index is 5.81. The molecule has 0 saturated carbocycles. The van der Waals surface area contributed by atoms with Crippen molar-refractivity contribution in [3.05, 3.63) is 40.7 Å². The van der Waals surface area contributed by atoms with E-state index in [1.54, 1.807) is 0 Å². The molecular weight excluding hydrogens is 210 g/mol. The maximum Gasteiger partial charge on any atom is 0.235 e. The van der Waals surface area contributed by atoms with Crippen molar-refractivity contribution in [3.8, 4) is 0 Å². The lowest BCUT2D eigenvalue weighted by Crippen LogP contribution is -2.31. The number of H-pyrrole nitrogens is 2. The molecule has 4 N–H and O–H groups in total. The van der Waals surface area contributed by atoms with E-state index >= 15 is 0 Å². The van der Waals surface area contributed by atoms with Crippen LogP contribution in [0.4, 0.5) is 5.95 Å². The van der Waals surface area contributed by atoms with Gasteiger partial charge in [-0.1, -0.05) is 30.3 Å². The van der Waals surface area contributed by atoms with E-state index in [1.165, 1.54) is 5.01 Å². The monoisotopic (exact) mass is 221 g/mol. The predicted octanol–water partition coefficient (Wildman–Crippen LogP) is 1.35. The third kappa shape index (κ3) is 2.42. The van der Waals surface area contributed by atoms with E-state index in [1.807, 2.05) is 30.3 Å². The minimum atomic E-state index is 0.397. The first kappa shape index (κ1) is 9.88. The molecule has 5 nitrogen and oxygen atoms in total. The molecular formula is C9H11N5S. The Kier molecular flexibility index (Phi) is 2.79. The molecule has 0 atom stereocenters. The minimum Gasteiger partial charge on any atom is -0.275 e. The van der Waals surface area contributed by atoms with Crippen LogP contribution in [0.15, 0.2) is 30.3 Å². The average Bonchev–Trinajstić information content (AvgIpc) is 2.66. The van der Waals surface area contributed by atoms with Gasteiger partial charge in [-0.3, -0.25) is 15.2 Å². The zero-order valence-electron chi connectivity index (χ0n) is 7.97. The fourth-order valence-corrected chi connectivity index (χ4v) is 1.39. The van der Waals surface area contributed by atoms with Gasteiger partial charge in [-0.25, -0.2) is 5.84 Å². The summed E-state index contributed by atoms with van der Waals surface area (Å²) in [6.07, 6.45) is 0. The molecule has 0 bridgehead atoms. The van der Waals surface area contributed by atoms with Gasteiger partial charge in [0.25, 0.3) is 0 Å². The van der Waals surface area contributed by atoms with Gasteiger partial charge in [0.05, 0.1) is 6.54 Å². The summed E-state index contributed by atoms with van der Waals surface area (Å²) in [7, 11) is 0. The Labute approximate surface area is 91.9 Å². The summed E-state index contributed by atoms with van der Waals surface area (Å²) in [5.41, 5.74) is 1.11. The van der Waals surface area contributed by atoms with Crippen LogP contribution in [0, 0.1) is 4.77 Å². The van der Waals surface area contributed by atoms with Crippen molar-refractivity contribution in [2.75, 3.05) is 5.01 Å². The SMILES string of the molecule is NN(Cc1ccccc1)c1nc(=S)[nH][nH]1. The fourth-order valence-electron chi connectivity index (χ4n) is 1.25. The van der Waals surface area contributed by atoms with Crippen LogP contribution in [-0.4, -0.2) is 15.2 Å². The largest absolute Gasteiger partial charge is 0.275 e. The highest BCUT2D eigenvalue weighted by atomic mass is 32.1. The lowest BCUT2D eigenvalue weighted by atomic mass is 10.2.